The number of benzene rings is 3. The van der Waals surface area contributed by atoms with Crippen molar-refractivity contribution < 1.29 is 14.3 Å². The van der Waals surface area contributed by atoms with Gasteiger partial charge in [0.2, 0.25) is 23.2 Å². The van der Waals surface area contributed by atoms with Gasteiger partial charge in [0.15, 0.2) is 5.69 Å². The molecule has 1 aliphatic rings. The molecule has 1 atom stereocenters. The summed E-state index contributed by atoms with van der Waals surface area (Å²) in [7, 11) is 0. The zero-order valence-corrected chi connectivity index (χ0v) is 19.5. The van der Waals surface area contributed by atoms with E-state index in [9.17, 15) is 4.79 Å². The van der Waals surface area contributed by atoms with Crippen molar-refractivity contribution in [3.8, 4) is 22.9 Å². The smallest absolute Gasteiger partial charge is 0.247 e. The largest absolute Gasteiger partial charge is 0.489 e. The monoisotopic (exact) mass is 470 g/mol. The number of ether oxygens (including phenoxy) is 2. The van der Waals surface area contributed by atoms with Crippen molar-refractivity contribution in [2.45, 2.75) is 24.9 Å². The molecule has 0 bridgehead atoms. The highest BCUT2D eigenvalue weighted by atomic mass is 32.2. The molecule has 3 aromatic carbocycles. The molecule has 0 fully saturated rings. The molecule has 0 spiro atoms. The Hall–Kier alpha value is -3.91. The van der Waals surface area contributed by atoms with Gasteiger partial charge in [-0.2, -0.15) is 4.98 Å². The van der Waals surface area contributed by atoms with E-state index in [2.05, 4.69) is 15.2 Å². The number of nitrogens with zero attached hydrogens (tertiary/aromatic N) is 4. The lowest BCUT2D eigenvalue weighted by Crippen LogP contribution is -2.36. The third kappa shape index (κ3) is 4.32. The second-order valence-electron chi connectivity index (χ2n) is 7.67. The lowest BCUT2D eigenvalue weighted by molar-refractivity contribution is -0.118. The van der Waals surface area contributed by atoms with Crippen LogP contribution in [0.4, 0.5) is 5.69 Å². The molecule has 1 aliphatic heterocycles. The van der Waals surface area contributed by atoms with E-state index >= 15 is 0 Å². The van der Waals surface area contributed by atoms with Crippen LogP contribution < -0.4 is 14.4 Å². The molecular weight excluding hydrogens is 448 g/mol. The number of hydrogen-bond acceptors (Lipinski definition) is 7. The van der Waals surface area contributed by atoms with Gasteiger partial charge in [-0.15, -0.1) is 10.2 Å². The number of carbonyl (C=O) groups is 1. The number of aromatic nitrogens is 3. The van der Waals surface area contributed by atoms with Crippen molar-refractivity contribution in [2.75, 3.05) is 11.2 Å². The van der Waals surface area contributed by atoms with Crippen LogP contribution in [0.15, 0.2) is 84.0 Å². The van der Waals surface area contributed by atoms with Gasteiger partial charge in [0.05, 0.1) is 5.69 Å². The molecule has 0 saturated heterocycles. The van der Waals surface area contributed by atoms with Crippen LogP contribution >= 0.6 is 11.8 Å². The number of fused-ring (bicyclic) bond motifs is 3. The van der Waals surface area contributed by atoms with Crippen LogP contribution in [0, 0.1) is 0 Å². The van der Waals surface area contributed by atoms with Crippen LogP contribution in [0.1, 0.15) is 24.3 Å². The summed E-state index contributed by atoms with van der Waals surface area (Å²) >= 11 is 1.38. The minimum absolute atomic E-state index is 0.160. The summed E-state index contributed by atoms with van der Waals surface area (Å²) in [6.07, 6.45) is 1.15. The first-order valence-corrected chi connectivity index (χ1v) is 12.0. The topological polar surface area (TPSA) is 77.4 Å². The molecule has 0 saturated carbocycles. The van der Waals surface area contributed by atoms with Crippen molar-refractivity contribution in [3.63, 3.8) is 0 Å². The fourth-order valence-corrected chi connectivity index (χ4v) is 4.12. The molecule has 1 amide bonds. The SMILES string of the molecule is CSc1nnc2c(n1)O[C@@H](c1ccc(OCc3ccccc3)cc1)N(C(C)=O)c1ccccc1-2. The first kappa shape index (κ1) is 21.9. The third-order valence-electron chi connectivity index (χ3n) is 5.45. The van der Waals surface area contributed by atoms with Gasteiger partial charge < -0.3 is 9.47 Å². The van der Waals surface area contributed by atoms with Gasteiger partial charge in [-0.25, -0.2) is 0 Å². The highest BCUT2D eigenvalue weighted by Gasteiger charge is 2.34. The average Bonchev–Trinajstić information content (AvgIpc) is 3.02. The molecule has 5 rings (SSSR count). The Morgan fingerprint density at radius 3 is 2.47 bits per heavy atom. The Kier molecular flexibility index (Phi) is 6.14. The summed E-state index contributed by atoms with van der Waals surface area (Å²) < 4.78 is 12.3. The zero-order valence-electron chi connectivity index (χ0n) is 18.7. The molecular formula is C26H22N4O3S. The Labute approximate surface area is 201 Å². The summed E-state index contributed by atoms with van der Waals surface area (Å²) in [5.41, 5.74) is 3.81. The van der Waals surface area contributed by atoms with Gasteiger partial charge in [-0.05, 0) is 42.2 Å². The maximum Gasteiger partial charge on any atom is 0.247 e. The highest BCUT2D eigenvalue weighted by Crippen LogP contribution is 2.43. The predicted octanol–water partition coefficient (Wildman–Crippen LogP) is 5.28. The summed E-state index contributed by atoms with van der Waals surface area (Å²) in [5.74, 6) is 0.905. The predicted molar refractivity (Wildman–Crippen MR) is 131 cm³/mol. The fourth-order valence-electron chi connectivity index (χ4n) is 3.83. The fraction of sp³-hybridized carbons (Fsp3) is 0.154. The molecule has 34 heavy (non-hydrogen) atoms. The summed E-state index contributed by atoms with van der Waals surface area (Å²) in [6, 6.07) is 25.1. The van der Waals surface area contributed by atoms with Crippen molar-refractivity contribution >= 4 is 23.4 Å². The van der Waals surface area contributed by atoms with Gasteiger partial charge in [0.25, 0.3) is 0 Å². The second-order valence-corrected chi connectivity index (χ2v) is 8.45. The second kappa shape index (κ2) is 9.52. The van der Waals surface area contributed by atoms with Gasteiger partial charge in [-0.3, -0.25) is 9.69 Å². The summed E-state index contributed by atoms with van der Waals surface area (Å²) in [4.78, 5) is 19.0. The quantitative estimate of drug-likeness (QED) is 0.367. The number of hydrogen-bond donors (Lipinski definition) is 0. The number of anilines is 1. The van der Waals surface area contributed by atoms with Crippen LogP contribution in [0.5, 0.6) is 11.6 Å². The van der Waals surface area contributed by atoms with Crippen LogP contribution in [0.25, 0.3) is 11.3 Å². The number of para-hydroxylation sites is 1. The molecule has 0 radical (unpaired) electrons. The van der Waals surface area contributed by atoms with Crippen LogP contribution in [-0.2, 0) is 11.4 Å². The molecule has 0 N–H and O–H groups in total. The first-order valence-electron chi connectivity index (χ1n) is 10.8. The number of amides is 1. The standard InChI is InChI=1S/C26H22N4O3S/c1-17(31)30-22-11-7-6-10-21(22)23-24(27-26(34-2)29-28-23)33-25(30)19-12-14-20(15-13-19)32-16-18-8-4-3-5-9-18/h3-15,25H,16H2,1-2H3/t25-/m0/s1. The Bertz CT molecular complexity index is 1320. The van der Waals surface area contributed by atoms with Gasteiger partial charge in [0, 0.05) is 18.1 Å². The van der Waals surface area contributed by atoms with Crippen LogP contribution in [0.2, 0.25) is 0 Å². The number of rotatable bonds is 5. The van der Waals surface area contributed by atoms with E-state index in [0.717, 1.165) is 22.4 Å². The van der Waals surface area contributed by atoms with Crippen LogP contribution in [-0.4, -0.2) is 27.3 Å². The molecule has 0 unspecified atom stereocenters. The van der Waals surface area contributed by atoms with Crippen molar-refractivity contribution in [2.24, 2.45) is 0 Å². The molecule has 4 aromatic rings. The molecule has 170 valence electrons. The maximum atomic E-state index is 12.9. The minimum atomic E-state index is -0.727. The molecule has 1 aromatic heterocycles. The summed E-state index contributed by atoms with van der Waals surface area (Å²) in [6.45, 7) is 1.99. The molecule has 7 nitrogen and oxygen atoms in total. The van der Waals surface area contributed by atoms with E-state index in [0.29, 0.717) is 29.0 Å². The average molecular weight is 471 g/mol. The number of thioether (sulfide) groups is 1. The van der Waals surface area contributed by atoms with E-state index in [1.165, 1.54) is 18.7 Å². The van der Waals surface area contributed by atoms with Gasteiger partial charge in [-0.1, -0.05) is 60.3 Å². The van der Waals surface area contributed by atoms with E-state index in [4.69, 9.17) is 9.47 Å². The number of carbonyl (C=O) groups excluding carboxylic acids is 1. The third-order valence-corrected chi connectivity index (χ3v) is 5.99. The minimum Gasteiger partial charge on any atom is -0.489 e. The molecule has 2 heterocycles. The zero-order chi connectivity index (χ0) is 23.5. The summed E-state index contributed by atoms with van der Waals surface area (Å²) in [5, 5.41) is 9.04. The molecule has 8 heteroatoms. The van der Waals surface area contributed by atoms with E-state index < -0.39 is 6.23 Å². The normalized spacial score (nSPS) is 14.4. The van der Waals surface area contributed by atoms with Gasteiger partial charge >= 0.3 is 0 Å². The first-order chi connectivity index (χ1) is 16.6. The van der Waals surface area contributed by atoms with E-state index in [1.807, 2.05) is 85.1 Å². The van der Waals surface area contributed by atoms with Crippen molar-refractivity contribution in [1.29, 1.82) is 0 Å². The van der Waals surface area contributed by atoms with Crippen molar-refractivity contribution in [1.82, 2.24) is 15.2 Å². The maximum absolute atomic E-state index is 12.9. The van der Waals surface area contributed by atoms with E-state index in [1.54, 1.807) is 4.90 Å². The Morgan fingerprint density at radius 2 is 1.74 bits per heavy atom. The van der Waals surface area contributed by atoms with Crippen LogP contribution in [0.3, 0.4) is 0 Å². The van der Waals surface area contributed by atoms with E-state index in [-0.39, 0.29) is 5.91 Å². The van der Waals surface area contributed by atoms with Crippen molar-refractivity contribution in [3.05, 3.63) is 90.0 Å². The lowest BCUT2D eigenvalue weighted by atomic mass is 10.1. The Balaban J connectivity index is 1.51. The lowest BCUT2D eigenvalue weighted by Gasteiger charge is -2.30. The molecule has 0 aliphatic carbocycles. The highest BCUT2D eigenvalue weighted by molar-refractivity contribution is 7.98. The van der Waals surface area contributed by atoms with Gasteiger partial charge in [0.1, 0.15) is 12.4 Å². The Morgan fingerprint density at radius 1 is 1.00 bits per heavy atom.